The molecule has 0 saturated carbocycles. The zero-order chi connectivity index (χ0) is 24.0. The zero-order valence-electron chi connectivity index (χ0n) is 19.1. The lowest BCUT2D eigenvalue weighted by molar-refractivity contribution is 0.0450. The highest BCUT2D eigenvalue weighted by Gasteiger charge is 2.25. The van der Waals surface area contributed by atoms with Gasteiger partial charge in [0.05, 0.1) is 5.56 Å². The van der Waals surface area contributed by atoms with Gasteiger partial charge < -0.3 is 14.2 Å². The second-order valence-corrected chi connectivity index (χ2v) is 8.96. The monoisotopic (exact) mass is 470 g/mol. The summed E-state index contributed by atoms with van der Waals surface area (Å²) in [7, 11) is 0. The lowest BCUT2D eigenvalue weighted by atomic mass is 9.91. The van der Waals surface area contributed by atoms with Crippen LogP contribution >= 0.6 is 11.6 Å². The van der Waals surface area contributed by atoms with E-state index in [9.17, 15) is 9.59 Å². The van der Waals surface area contributed by atoms with Crippen molar-refractivity contribution < 1.29 is 19.0 Å². The van der Waals surface area contributed by atoms with Crippen LogP contribution in [-0.4, -0.2) is 29.4 Å². The van der Waals surface area contributed by atoms with Crippen molar-refractivity contribution in [2.24, 2.45) is 0 Å². The summed E-state index contributed by atoms with van der Waals surface area (Å²) in [5, 5.41) is 6.45. The van der Waals surface area contributed by atoms with Gasteiger partial charge in [-0.25, -0.2) is 9.89 Å². The molecule has 0 aliphatic rings. The third-order valence-corrected chi connectivity index (χ3v) is 5.12. The number of halogens is 1. The summed E-state index contributed by atoms with van der Waals surface area (Å²) in [6, 6.07) is 14.5. The Kier molecular flexibility index (Phi) is 7.76. The highest BCUT2D eigenvalue weighted by Crippen LogP contribution is 2.33. The number of nitrogens with one attached hydrogen (secondary N) is 1. The molecule has 1 aromatic heterocycles. The Hall–Kier alpha value is -3.32. The van der Waals surface area contributed by atoms with Crippen LogP contribution in [0.5, 0.6) is 11.5 Å². The van der Waals surface area contributed by atoms with Crippen LogP contribution in [0.1, 0.15) is 48.0 Å². The summed E-state index contributed by atoms with van der Waals surface area (Å²) in [5.74, 6) is 0.545. The van der Waals surface area contributed by atoms with Crippen molar-refractivity contribution in [1.29, 1.82) is 0 Å². The number of nitrogens with zero attached hydrogens (tertiary/aromatic N) is 1. The molecule has 7 nitrogen and oxygen atoms in total. The number of benzene rings is 2. The molecule has 3 aromatic rings. The largest absolute Gasteiger partial charge is 0.490 e. The molecular weight excluding hydrogens is 444 g/mol. The summed E-state index contributed by atoms with van der Waals surface area (Å²) >= 11 is 6.16. The Bertz CT molecular complexity index is 1150. The molecular formula is C25H27ClN2O5. The molecule has 0 atom stereocenters. The standard InChI is InChI=1S/C25H27ClN2O5/c1-16-5-11-19(12-6-16)31-13-14-32-24(30)18-9-7-17(8-10-18)15-33-21-20(26)23(29)28-27-22(21)25(2,3)4/h5-12H,13-15H2,1-4H3,(H,28,29). The van der Waals surface area contributed by atoms with Gasteiger partial charge in [-0.2, -0.15) is 5.10 Å². The first-order chi connectivity index (χ1) is 15.6. The normalized spacial score (nSPS) is 11.2. The zero-order valence-corrected chi connectivity index (χ0v) is 19.9. The summed E-state index contributed by atoms with van der Waals surface area (Å²) in [5.41, 5.74) is 2.03. The topological polar surface area (TPSA) is 90.5 Å². The minimum atomic E-state index is -0.510. The number of H-pyrrole nitrogens is 1. The van der Waals surface area contributed by atoms with Crippen LogP contribution in [0.2, 0.25) is 5.02 Å². The van der Waals surface area contributed by atoms with Crippen LogP contribution in [0.15, 0.2) is 53.3 Å². The second kappa shape index (κ2) is 10.5. The van der Waals surface area contributed by atoms with Crippen molar-refractivity contribution in [3.63, 3.8) is 0 Å². The Balaban J connectivity index is 1.54. The van der Waals surface area contributed by atoms with Crippen LogP contribution in [-0.2, 0) is 16.8 Å². The van der Waals surface area contributed by atoms with Gasteiger partial charge in [0.25, 0.3) is 5.56 Å². The van der Waals surface area contributed by atoms with E-state index >= 15 is 0 Å². The number of aryl methyl sites for hydroxylation is 1. The van der Waals surface area contributed by atoms with E-state index < -0.39 is 11.5 Å². The van der Waals surface area contributed by atoms with Crippen LogP contribution in [0, 0.1) is 6.92 Å². The van der Waals surface area contributed by atoms with E-state index in [1.165, 1.54) is 0 Å². The third kappa shape index (κ3) is 6.58. The average molecular weight is 471 g/mol. The number of aromatic amines is 1. The first-order valence-electron chi connectivity index (χ1n) is 10.5. The molecule has 0 saturated heterocycles. The SMILES string of the molecule is Cc1ccc(OCCOC(=O)c2ccc(COc3c(C(C)(C)C)n[nH]c(=O)c3Cl)cc2)cc1. The molecule has 0 radical (unpaired) electrons. The average Bonchev–Trinajstić information content (AvgIpc) is 2.78. The molecule has 3 rings (SSSR count). The predicted molar refractivity (Wildman–Crippen MR) is 126 cm³/mol. The van der Waals surface area contributed by atoms with Gasteiger partial charge in [-0.05, 0) is 36.8 Å². The van der Waals surface area contributed by atoms with Crippen molar-refractivity contribution >= 4 is 17.6 Å². The van der Waals surface area contributed by atoms with Crippen molar-refractivity contribution in [3.05, 3.63) is 86.3 Å². The van der Waals surface area contributed by atoms with Crippen molar-refractivity contribution in [2.45, 2.75) is 39.7 Å². The van der Waals surface area contributed by atoms with E-state index in [-0.39, 0.29) is 36.0 Å². The van der Waals surface area contributed by atoms with Crippen LogP contribution in [0.3, 0.4) is 0 Å². The lowest BCUT2D eigenvalue weighted by Gasteiger charge is -2.21. The lowest BCUT2D eigenvalue weighted by Crippen LogP contribution is -2.22. The van der Waals surface area contributed by atoms with E-state index in [1.807, 2.05) is 52.0 Å². The second-order valence-electron chi connectivity index (χ2n) is 8.58. The molecule has 0 amide bonds. The first-order valence-corrected chi connectivity index (χ1v) is 10.9. The highest BCUT2D eigenvalue weighted by atomic mass is 35.5. The van der Waals surface area contributed by atoms with E-state index in [0.717, 1.165) is 16.9 Å². The summed E-state index contributed by atoms with van der Waals surface area (Å²) in [4.78, 5) is 24.1. The molecule has 8 heteroatoms. The Morgan fingerprint density at radius 1 is 1.00 bits per heavy atom. The summed E-state index contributed by atoms with van der Waals surface area (Å²) < 4.78 is 16.7. The minimum Gasteiger partial charge on any atom is -0.490 e. The summed E-state index contributed by atoms with van der Waals surface area (Å²) in [6.45, 7) is 8.41. The number of esters is 1. The molecule has 1 heterocycles. The van der Waals surface area contributed by atoms with Crippen molar-refractivity contribution in [2.75, 3.05) is 13.2 Å². The van der Waals surface area contributed by atoms with Crippen molar-refractivity contribution in [1.82, 2.24) is 10.2 Å². The molecule has 0 aliphatic carbocycles. The van der Waals surface area contributed by atoms with E-state index in [4.69, 9.17) is 25.8 Å². The fraction of sp³-hybridized carbons (Fsp3) is 0.320. The van der Waals surface area contributed by atoms with Gasteiger partial charge in [0.15, 0.2) is 10.8 Å². The molecule has 0 fully saturated rings. The van der Waals surface area contributed by atoms with Gasteiger partial charge in [-0.3, -0.25) is 4.79 Å². The quantitative estimate of drug-likeness (QED) is 0.374. The first kappa shape index (κ1) is 24.3. The number of carbonyl (C=O) groups excluding carboxylic acids is 1. The molecule has 0 bridgehead atoms. The maximum atomic E-state index is 12.3. The van der Waals surface area contributed by atoms with Gasteiger partial charge in [-0.1, -0.05) is 62.2 Å². The molecule has 174 valence electrons. The van der Waals surface area contributed by atoms with Crippen LogP contribution < -0.4 is 15.0 Å². The van der Waals surface area contributed by atoms with Crippen LogP contribution in [0.4, 0.5) is 0 Å². The van der Waals surface area contributed by atoms with Gasteiger partial charge in [0, 0.05) is 5.41 Å². The maximum Gasteiger partial charge on any atom is 0.338 e. The Morgan fingerprint density at radius 3 is 2.30 bits per heavy atom. The Labute approximate surface area is 197 Å². The molecule has 0 unspecified atom stereocenters. The predicted octanol–water partition coefficient (Wildman–Crippen LogP) is 4.84. The van der Waals surface area contributed by atoms with Crippen molar-refractivity contribution in [3.8, 4) is 11.5 Å². The number of hydrogen-bond donors (Lipinski definition) is 1. The molecule has 33 heavy (non-hydrogen) atoms. The molecule has 0 aliphatic heterocycles. The van der Waals surface area contributed by atoms with Crippen LogP contribution in [0.25, 0.3) is 0 Å². The smallest absolute Gasteiger partial charge is 0.338 e. The van der Waals surface area contributed by atoms with Gasteiger partial charge in [0.1, 0.15) is 31.3 Å². The van der Waals surface area contributed by atoms with E-state index in [1.54, 1.807) is 24.3 Å². The highest BCUT2D eigenvalue weighted by molar-refractivity contribution is 6.31. The number of rotatable bonds is 8. The van der Waals surface area contributed by atoms with Gasteiger partial charge >= 0.3 is 5.97 Å². The minimum absolute atomic E-state index is 0.0389. The van der Waals surface area contributed by atoms with Gasteiger partial charge in [-0.15, -0.1) is 0 Å². The van der Waals surface area contributed by atoms with Gasteiger partial charge in [0.2, 0.25) is 0 Å². The number of carbonyl (C=O) groups is 1. The number of hydrogen-bond acceptors (Lipinski definition) is 6. The molecule has 0 spiro atoms. The van der Waals surface area contributed by atoms with E-state index in [0.29, 0.717) is 11.3 Å². The third-order valence-electron chi connectivity index (χ3n) is 4.77. The number of aromatic nitrogens is 2. The number of ether oxygens (including phenoxy) is 3. The molecule has 2 aromatic carbocycles. The summed E-state index contributed by atoms with van der Waals surface area (Å²) in [6.07, 6.45) is 0. The maximum absolute atomic E-state index is 12.3. The fourth-order valence-electron chi connectivity index (χ4n) is 2.96. The molecule has 1 N–H and O–H groups in total. The Morgan fingerprint density at radius 2 is 1.67 bits per heavy atom. The fourth-order valence-corrected chi connectivity index (χ4v) is 3.14. The van der Waals surface area contributed by atoms with E-state index in [2.05, 4.69) is 10.2 Å².